The monoisotopic (exact) mass is 255 g/mol. The van der Waals surface area contributed by atoms with Crippen LogP contribution in [0.25, 0.3) is 0 Å². The second-order valence-electron chi connectivity index (χ2n) is 5.77. The van der Waals surface area contributed by atoms with E-state index in [-0.39, 0.29) is 0 Å². The van der Waals surface area contributed by atoms with E-state index in [1.54, 1.807) is 0 Å². The van der Waals surface area contributed by atoms with Gasteiger partial charge in [-0.3, -0.25) is 4.57 Å². The summed E-state index contributed by atoms with van der Waals surface area (Å²) in [6, 6.07) is 0.487. The Morgan fingerprint density at radius 1 is 1.18 bits per heavy atom. The van der Waals surface area contributed by atoms with E-state index in [1.807, 2.05) is 0 Å². The topological polar surface area (TPSA) is 30.7 Å². The molecule has 0 aromatic carbocycles. The van der Waals surface area contributed by atoms with Crippen molar-refractivity contribution >= 4 is 11.6 Å². The molecule has 3 unspecified atom stereocenters. The van der Waals surface area contributed by atoms with Crippen LogP contribution in [-0.4, -0.2) is 14.8 Å². The van der Waals surface area contributed by atoms with E-state index in [2.05, 4.69) is 42.5 Å². The first-order valence-electron chi connectivity index (χ1n) is 6.61. The normalized spacial score (nSPS) is 29.9. The van der Waals surface area contributed by atoms with Crippen LogP contribution in [0.5, 0.6) is 0 Å². The molecule has 0 amide bonds. The van der Waals surface area contributed by atoms with E-state index in [4.69, 9.17) is 11.6 Å². The molecule has 1 aliphatic carbocycles. The van der Waals surface area contributed by atoms with Crippen molar-refractivity contribution in [1.82, 2.24) is 14.8 Å². The Bertz CT molecular complexity index is 386. The van der Waals surface area contributed by atoms with Gasteiger partial charge in [-0.1, -0.05) is 27.7 Å². The Morgan fingerprint density at radius 2 is 1.88 bits per heavy atom. The highest BCUT2D eigenvalue weighted by Crippen LogP contribution is 2.38. The fourth-order valence-corrected chi connectivity index (χ4v) is 3.03. The minimum absolute atomic E-state index is 0.379. The quantitative estimate of drug-likeness (QED) is 0.798. The van der Waals surface area contributed by atoms with Gasteiger partial charge in [0.25, 0.3) is 0 Å². The second-order valence-corrected chi connectivity index (χ2v) is 6.11. The summed E-state index contributed by atoms with van der Waals surface area (Å²) < 4.78 is 2.16. The SMILES string of the molecule is CC(C)c1nnc(Cl)n1C1CCC(C)C(C)C1. The van der Waals surface area contributed by atoms with Gasteiger partial charge in [-0.2, -0.15) is 0 Å². The van der Waals surface area contributed by atoms with Gasteiger partial charge in [0.05, 0.1) is 0 Å². The maximum atomic E-state index is 6.20. The lowest BCUT2D eigenvalue weighted by molar-refractivity contribution is 0.207. The van der Waals surface area contributed by atoms with Gasteiger partial charge in [0.1, 0.15) is 5.82 Å². The molecule has 0 aliphatic heterocycles. The average Bonchev–Trinajstić information content (AvgIpc) is 2.64. The molecule has 0 bridgehead atoms. The van der Waals surface area contributed by atoms with Gasteiger partial charge in [0.15, 0.2) is 0 Å². The van der Waals surface area contributed by atoms with E-state index in [1.165, 1.54) is 19.3 Å². The summed E-state index contributed by atoms with van der Waals surface area (Å²) in [6.07, 6.45) is 3.67. The lowest BCUT2D eigenvalue weighted by Crippen LogP contribution is -2.24. The highest BCUT2D eigenvalue weighted by molar-refractivity contribution is 6.28. The van der Waals surface area contributed by atoms with Crippen LogP contribution < -0.4 is 0 Å². The smallest absolute Gasteiger partial charge is 0.225 e. The highest BCUT2D eigenvalue weighted by Gasteiger charge is 2.29. The zero-order chi connectivity index (χ0) is 12.6. The van der Waals surface area contributed by atoms with Crippen molar-refractivity contribution in [2.45, 2.75) is 58.9 Å². The second kappa shape index (κ2) is 4.97. The van der Waals surface area contributed by atoms with Crippen molar-refractivity contribution in [2.75, 3.05) is 0 Å². The van der Waals surface area contributed by atoms with Gasteiger partial charge < -0.3 is 0 Å². The fourth-order valence-electron chi connectivity index (χ4n) is 2.77. The summed E-state index contributed by atoms with van der Waals surface area (Å²) >= 11 is 6.20. The average molecular weight is 256 g/mol. The minimum atomic E-state index is 0.379. The standard InChI is InChI=1S/C13H22ClN3/c1-8(2)12-15-16-13(14)17(12)11-6-5-9(3)10(4)7-11/h8-11H,5-7H2,1-4H3. The molecule has 2 rings (SSSR count). The molecule has 1 heterocycles. The van der Waals surface area contributed by atoms with Crippen LogP contribution in [0.4, 0.5) is 0 Å². The van der Waals surface area contributed by atoms with Crippen LogP contribution in [0.2, 0.25) is 5.28 Å². The zero-order valence-electron chi connectivity index (χ0n) is 11.2. The van der Waals surface area contributed by atoms with E-state index in [9.17, 15) is 0 Å². The maximum Gasteiger partial charge on any atom is 0.225 e. The van der Waals surface area contributed by atoms with Gasteiger partial charge >= 0.3 is 0 Å². The third-order valence-electron chi connectivity index (χ3n) is 4.13. The molecular formula is C13H22ClN3. The molecular weight excluding hydrogens is 234 g/mol. The molecule has 0 spiro atoms. The van der Waals surface area contributed by atoms with Gasteiger partial charge in [0, 0.05) is 12.0 Å². The van der Waals surface area contributed by atoms with Crippen molar-refractivity contribution in [2.24, 2.45) is 11.8 Å². The lowest BCUT2D eigenvalue weighted by atomic mass is 9.79. The first kappa shape index (κ1) is 12.9. The molecule has 3 nitrogen and oxygen atoms in total. The molecule has 0 N–H and O–H groups in total. The summed E-state index contributed by atoms with van der Waals surface area (Å²) in [5.41, 5.74) is 0. The number of hydrogen-bond donors (Lipinski definition) is 0. The Kier molecular flexibility index (Phi) is 3.76. The number of aromatic nitrogens is 3. The third-order valence-corrected chi connectivity index (χ3v) is 4.39. The van der Waals surface area contributed by atoms with E-state index in [0.717, 1.165) is 17.7 Å². The van der Waals surface area contributed by atoms with Crippen LogP contribution >= 0.6 is 11.6 Å². The Balaban J connectivity index is 2.25. The van der Waals surface area contributed by atoms with Gasteiger partial charge in [-0.15, -0.1) is 10.2 Å². The van der Waals surface area contributed by atoms with Gasteiger partial charge in [-0.25, -0.2) is 0 Å². The van der Waals surface area contributed by atoms with Crippen LogP contribution in [0.1, 0.15) is 64.7 Å². The predicted octanol–water partition coefficient (Wildman–Crippen LogP) is 4.05. The highest BCUT2D eigenvalue weighted by atomic mass is 35.5. The van der Waals surface area contributed by atoms with E-state index >= 15 is 0 Å². The van der Waals surface area contributed by atoms with Gasteiger partial charge in [0.2, 0.25) is 5.28 Å². The molecule has 96 valence electrons. The molecule has 1 fully saturated rings. The first-order valence-corrected chi connectivity index (χ1v) is 6.98. The molecule has 0 saturated heterocycles. The molecule has 0 radical (unpaired) electrons. The molecule has 17 heavy (non-hydrogen) atoms. The van der Waals surface area contributed by atoms with Crippen LogP contribution in [0.3, 0.4) is 0 Å². The van der Waals surface area contributed by atoms with E-state index in [0.29, 0.717) is 17.2 Å². The summed E-state index contributed by atoms with van der Waals surface area (Å²) in [7, 11) is 0. The maximum absolute atomic E-state index is 6.20. The number of halogens is 1. The molecule has 1 aromatic rings. The van der Waals surface area contributed by atoms with Gasteiger partial charge in [-0.05, 0) is 42.7 Å². The Hall–Kier alpha value is -0.570. The molecule has 1 saturated carbocycles. The Labute approximate surface area is 109 Å². The summed E-state index contributed by atoms with van der Waals surface area (Å²) in [5.74, 6) is 2.99. The number of rotatable bonds is 2. The zero-order valence-corrected chi connectivity index (χ0v) is 11.9. The predicted molar refractivity (Wildman–Crippen MR) is 70.3 cm³/mol. The van der Waals surface area contributed by atoms with Crippen molar-refractivity contribution < 1.29 is 0 Å². The first-order chi connectivity index (χ1) is 8.00. The van der Waals surface area contributed by atoms with Crippen molar-refractivity contribution in [3.8, 4) is 0 Å². The lowest BCUT2D eigenvalue weighted by Gasteiger charge is -2.33. The molecule has 4 heteroatoms. The van der Waals surface area contributed by atoms with E-state index < -0.39 is 0 Å². The van der Waals surface area contributed by atoms with Crippen molar-refractivity contribution in [3.63, 3.8) is 0 Å². The van der Waals surface area contributed by atoms with Crippen molar-refractivity contribution in [1.29, 1.82) is 0 Å². The summed E-state index contributed by atoms with van der Waals surface area (Å²) in [6.45, 7) is 8.97. The Morgan fingerprint density at radius 3 is 2.47 bits per heavy atom. The largest absolute Gasteiger partial charge is 0.298 e. The summed E-state index contributed by atoms with van der Waals surface area (Å²) in [4.78, 5) is 0. The van der Waals surface area contributed by atoms with Crippen LogP contribution in [0, 0.1) is 11.8 Å². The molecule has 3 atom stereocenters. The molecule has 1 aromatic heterocycles. The van der Waals surface area contributed by atoms with Crippen LogP contribution in [-0.2, 0) is 0 Å². The van der Waals surface area contributed by atoms with Crippen molar-refractivity contribution in [3.05, 3.63) is 11.1 Å². The van der Waals surface area contributed by atoms with Crippen LogP contribution in [0.15, 0.2) is 0 Å². The minimum Gasteiger partial charge on any atom is -0.298 e. The summed E-state index contributed by atoms with van der Waals surface area (Å²) in [5, 5.41) is 8.81. The number of hydrogen-bond acceptors (Lipinski definition) is 2. The fraction of sp³-hybridized carbons (Fsp3) is 0.846. The third kappa shape index (κ3) is 2.49. The molecule has 1 aliphatic rings. The number of nitrogens with zero attached hydrogens (tertiary/aromatic N) is 3.